The van der Waals surface area contributed by atoms with Gasteiger partial charge in [-0.2, -0.15) is 0 Å². The molecule has 1 amide bonds. The van der Waals surface area contributed by atoms with Crippen LogP contribution >= 0.6 is 0 Å². The van der Waals surface area contributed by atoms with Crippen LogP contribution < -0.4 is 10.7 Å². The van der Waals surface area contributed by atoms with Crippen molar-refractivity contribution in [1.29, 1.82) is 0 Å². The summed E-state index contributed by atoms with van der Waals surface area (Å²) in [7, 11) is 0. The molecule has 8 heteroatoms. The van der Waals surface area contributed by atoms with Crippen molar-refractivity contribution < 1.29 is 4.79 Å². The first-order valence-corrected chi connectivity index (χ1v) is 9.58. The van der Waals surface area contributed by atoms with Crippen LogP contribution in [0.15, 0.2) is 47.4 Å². The van der Waals surface area contributed by atoms with E-state index in [0.29, 0.717) is 24.1 Å². The smallest absolute Gasteiger partial charge is 0.257 e. The molecular weight excluding hydrogens is 368 g/mol. The summed E-state index contributed by atoms with van der Waals surface area (Å²) in [5.74, 6) is -0.406. The number of rotatable bonds is 5. The van der Waals surface area contributed by atoms with Crippen molar-refractivity contribution >= 4 is 28.0 Å². The zero-order valence-corrected chi connectivity index (χ0v) is 16.6. The minimum Gasteiger partial charge on any atom is -0.348 e. The Morgan fingerprint density at radius 3 is 2.79 bits per heavy atom. The van der Waals surface area contributed by atoms with Crippen LogP contribution in [-0.4, -0.2) is 36.5 Å². The Balaban J connectivity index is 1.61. The molecule has 8 nitrogen and oxygen atoms in total. The van der Waals surface area contributed by atoms with Gasteiger partial charge in [0.05, 0.1) is 17.4 Å². The summed E-state index contributed by atoms with van der Waals surface area (Å²) in [6.07, 6.45) is 1.59. The number of carbonyl (C=O) groups is 1. The van der Waals surface area contributed by atoms with Gasteiger partial charge in [-0.05, 0) is 45.0 Å². The standard InChI is InChI=1S/C21H22N6O2/c1-4-26-12-16(19(28)15-10-9-13(2)22-20(15)26)21(29)23-14(3)11-27-18-8-6-5-7-17(18)24-25-27/h5-10,12,14H,4,11H2,1-3H3,(H,23,29)/t14-/m0/s1. The van der Waals surface area contributed by atoms with Gasteiger partial charge in [-0.15, -0.1) is 5.10 Å². The highest BCUT2D eigenvalue weighted by Crippen LogP contribution is 2.12. The van der Waals surface area contributed by atoms with Crippen molar-refractivity contribution in [3.8, 4) is 0 Å². The number of nitrogens with one attached hydrogen (secondary N) is 1. The molecule has 4 rings (SSSR count). The zero-order chi connectivity index (χ0) is 20.5. The lowest BCUT2D eigenvalue weighted by atomic mass is 10.1. The molecule has 4 aromatic rings. The summed E-state index contributed by atoms with van der Waals surface area (Å²) in [5, 5.41) is 11.6. The highest BCUT2D eigenvalue weighted by atomic mass is 16.2. The molecule has 0 radical (unpaired) electrons. The molecule has 0 aliphatic carbocycles. The van der Waals surface area contributed by atoms with E-state index in [4.69, 9.17) is 0 Å². The number of hydrogen-bond acceptors (Lipinski definition) is 5. The number of pyridine rings is 2. The Bertz CT molecular complexity index is 1270. The van der Waals surface area contributed by atoms with Crippen LogP contribution in [0.1, 0.15) is 29.9 Å². The predicted molar refractivity (Wildman–Crippen MR) is 111 cm³/mol. The molecule has 3 heterocycles. The van der Waals surface area contributed by atoms with Crippen molar-refractivity contribution in [2.45, 2.75) is 39.9 Å². The van der Waals surface area contributed by atoms with Crippen molar-refractivity contribution in [2.75, 3.05) is 0 Å². The van der Waals surface area contributed by atoms with Gasteiger partial charge in [-0.1, -0.05) is 17.3 Å². The fourth-order valence-electron chi connectivity index (χ4n) is 3.42. The molecule has 3 aromatic heterocycles. The Kier molecular flexibility index (Phi) is 4.84. The monoisotopic (exact) mass is 390 g/mol. The molecule has 0 bridgehead atoms. The van der Waals surface area contributed by atoms with Crippen LogP contribution in [0, 0.1) is 6.92 Å². The fourth-order valence-corrected chi connectivity index (χ4v) is 3.42. The summed E-state index contributed by atoms with van der Waals surface area (Å²) in [6.45, 7) is 6.75. The largest absolute Gasteiger partial charge is 0.348 e. The molecule has 0 fully saturated rings. The summed E-state index contributed by atoms with van der Waals surface area (Å²) >= 11 is 0. The maximum Gasteiger partial charge on any atom is 0.257 e. The van der Waals surface area contributed by atoms with Crippen molar-refractivity contribution in [2.24, 2.45) is 0 Å². The number of benzene rings is 1. The third-order valence-corrected chi connectivity index (χ3v) is 4.89. The topological polar surface area (TPSA) is 94.7 Å². The number of aryl methyl sites for hydroxylation is 2. The number of aromatic nitrogens is 5. The number of nitrogens with zero attached hydrogens (tertiary/aromatic N) is 5. The van der Waals surface area contributed by atoms with Crippen LogP contribution in [0.5, 0.6) is 0 Å². The van der Waals surface area contributed by atoms with Crippen LogP contribution in [0.3, 0.4) is 0 Å². The molecule has 0 aliphatic rings. The summed E-state index contributed by atoms with van der Waals surface area (Å²) in [5.41, 5.74) is 2.91. The van der Waals surface area contributed by atoms with Crippen molar-refractivity contribution in [1.82, 2.24) is 29.9 Å². The molecule has 0 unspecified atom stereocenters. The van der Waals surface area contributed by atoms with E-state index < -0.39 is 5.91 Å². The van der Waals surface area contributed by atoms with Gasteiger partial charge in [0, 0.05) is 24.5 Å². The summed E-state index contributed by atoms with van der Waals surface area (Å²) in [6, 6.07) is 10.9. The zero-order valence-electron chi connectivity index (χ0n) is 16.6. The van der Waals surface area contributed by atoms with E-state index in [1.165, 1.54) is 0 Å². The van der Waals surface area contributed by atoms with Gasteiger partial charge < -0.3 is 9.88 Å². The lowest BCUT2D eigenvalue weighted by molar-refractivity contribution is 0.0934. The highest BCUT2D eigenvalue weighted by molar-refractivity contribution is 5.97. The molecule has 29 heavy (non-hydrogen) atoms. The first-order valence-electron chi connectivity index (χ1n) is 9.58. The first-order chi connectivity index (χ1) is 14.0. The van der Waals surface area contributed by atoms with Gasteiger partial charge in [0.2, 0.25) is 5.43 Å². The quantitative estimate of drug-likeness (QED) is 0.564. The molecule has 0 saturated carbocycles. The summed E-state index contributed by atoms with van der Waals surface area (Å²) in [4.78, 5) is 30.2. The average Bonchev–Trinajstić information content (AvgIpc) is 3.11. The highest BCUT2D eigenvalue weighted by Gasteiger charge is 2.18. The van der Waals surface area contributed by atoms with E-state index in [1.807, 2.05) is 49.6 Å². The first kappa shape index (κ1) is 18.8. The van der Waals surface area contributed by atoms with Crippen molar-refractivity contribution in [3.63, 3.8) is 0 Å². The van der Waals surface area contributed by atoms with Gasteiger partial charge in [-0.25, -0.2) is 9.67 Å². The average molecular weight is 390 g/mol. The van der Waals surface area contributed by atoms with Gasteiger partial charge >= 0.3 is 0 Å². The second-order valence-corrected chi connectivity index (χ2v) is 7.12. The lowest BCUT2D eigenvalue weighted by Gasteiger charge is -2.15. The minimum absolute atomic E-state index is 0.111. The molecule has 1 aromatic carbocycles. The van der Waals surface area contributed by atoms with E-state index >= 15 is 0 Å². The predicted octanol–water partition coefficient (Wildman–Crippen LogP) is 2.29. The normalized spacial score (nSPS) is 12.4. The van der Waals surface area contributed by atoms with Crippen LogP contribution in [-0.2, 0) is 13.1 Å². The third kappa shape index (κ3) is 3.49. The molecule has 0 aliphatic heterocycles. The van der Waals surface area contributed by atoms with Gasteiger partial charge in [-0.3, -0.25) is 9.59 Å². The van der Waals surface area contributed by atoms with Crippen molar-refractivity contribution in [3.05, 3.63) is 64.1 Å². The molecule has 148 valence electrons. The van der Waals surface area contributed by atoms with Gasteiger partial charge in [0.1, 0.15) is 16.7 Å². The fraction of sp³-hybridized carbons (Fsp3) is 0.286. The van der Waals surface area contributed by atoms with Crippen LogP contribution in [0.2, 0.25) is 0 Å². The maximum atomic E-state index is 12.9. The number of para-hydroxylation sites is 1. The van der Waals surface area contributed by atoms with E-state index in [9.17, 15) is 9.59 Å². The third-order valence-electron chi connectivity index (χ3n) is 4.89. The Morgan fingerprint density at radius 2 is 2.00 bits per heavy atom. The van der Waals surface area contributed by atoms with Crippen LogP contribution in [0.25, 0.3) is 22.1 Å². The Labute approximate surface area is 167 Å². The maximum absolute atomic E-state index is 12.9. The number of carbonyl (C=O) groups excluding carboxylic acids is 1. The minimum atomic E-state index is -0.406. The van der Waals surface area contributed by atoms with Gasteiger partial charge in [0.15, 0.2) is 0 Å². The van der Waals surface area contributed by atoms with E-state index in [-0.39, 0.29) is 17.0 Å². The molecule has 0 saturated heterocycles. The molecule has 1 N–H and O–H groups in total. The Hall–Kier alpha value is -3.55. The number of fused-ring (bicyclic) bond motifs is 2. The lowest BCUT2D eigenvalue weighted by Crippen LogP contribution is -2.38. The van der Waals surface area contributed by atoms with Gasteiger partial charge in [0.25, 0.3) is 5.91 Å². The number of amides is 1. The van der Waals surface area contributed by atoms with Crippen LogP contribution in [0.4, 0.5) is 0 Å². The van der Waals surface area contributed by atoms with E-state index in [2.05, 4.69) is 20.6 Å². The second kappa shape index (κ2) is 7.46. The number of hydrogen-bond donors (Lipinski definition) is 1. The molecule has 0 spiro atoms. The second-order valence-electron chi connectivity index (χ2n) is 7.12. The van der Waals surface area contributed by atoms with E-state index in [1.54, 1.807) is 23.0 Å². The Morgan fingerprint density at radius 1 is 1.21 bits per heavy atom. The summed E-state index contributed by atoms with van der Waals surface area (Å²) < 4.78 is 3.58. The molecular formula is C21H22N6O2. The van der Waals surface area contributed by atoms with E-state index in [0.717, 1.165) is 16.7 Å². The SMILES string of the molecule is CCn1cc(C(=O)N[C@@H](C)Cn2nnc3ccccc32)c(=O)c2ccc(C)nc21. The molecule has 1 atom stereocenters.